The summed E-state index contributed by atoms with van der Waals surface area (Å²) in [4.78, 5) is 14.0. The Labute approximate surface area is 167 Å². The van der Waals surface area contributed by atoms with Crippen LogP contribution in [0.4, 0.5) is 0 Å². The number of aromatic nitrogens is 7. The molecule has 0 amide bonds. The first kappa shape index (κ1) is 17.7. The topological polar surface area (TPSA) is 86.1 Å². The maximum atomic E-state index is 11.6. The summed E-state index contributed by atoms with van der Waals surface area (Å²) in [6.45, 7) is 2.80. The molecule has 0 spiro atoms. The van der Waals surface area contributed by atoms with E-state index in [1.807, 2.05) is 41.2 Å². The fourth-order valence-corrected chi connectivity index (χ4v) is 3.93. The SMILES string of the molecule is Cn1cc(CN2CCC(c3nnc4ccc(-n5cccn5)nn34)CC2)ccc1=O. The number of hydrogen-bond donors (Lipinski definition) is 0. The standard InChI is InChI=1S/C20H22N8O/c1-25-13-15(3-6-19(25)29)14-26-11-7-16(8-12-26)20-23-22-17-4-5-18(24-28(17)20)27-10-2-9-21-27/h2-6,9-10,13,16H,7-8,11-12,14H2,1H3. The highest BCUT2D eigenvalue weighted by Gasteiger charge is 2.25. The third-order valence-electron chi connectivity index (χ3n) is 5.52. The minimum Gasteiger partial charge on any atom is -0.318 e. The van der Waals surface area contributed by atoms with Crippen molar-refractivity contribution in [1.29, 1.82) is 0 Å². The lowest BCUT2D eigenvalue weighted by Gasteiger charge is -2.31. The van der Waals surface area contributed by atoms with Crippen molar-refractivity contribution in [2.45, 2.75) is 25.3 Å². The normalized spacial score (nSPS) is 15.9. The van der Waals surface area contributed by atoms with Gasteiger partial charge in [0, 0.05) is 44.2 Å². The number of aryl methyl sites for hydroxylation is 1. The second kappa shape index (κ2) is 7.25. The fraction of sp³-hybridized carbons (Fsp3) is 0.350. The molecular weight excluding hydrogens is 368 g/mol. The number of pyridine rings is 1. The molecular formula is C20H22N8O. The highest BCUT2D eigenvalue weighted by molar-refractivity contribution is 5.39. The van der Waals surface area contributed by atoms with Gasteiger partial charge in [-0.2, -0.15) is 9.61 Å². The van der Waals surface area contributed by atoms with Gasteiger partial charge in [0.25, 0.3) is 0 Å². The third kappa shape index (κ3) is 3.44. The summed E-state index contributed by atoms with van der Waals surface area (Å²) in [5.74, 6) is 1.98. The summed E-state index contributed by atoms with van der Waals surface area (Å²) < 4.78 is 5.22. The van der Waals surface area contributed by atoms with Gasteiger partial charge >= 0.3 is 0 Å². The molecule has 0 saturated carbocycles. The average Bonchev–Trinajstić information content (AvgIpc) is 3.41. The van der Waals surface area contributed by atoms with Crippen LogP contribution in [0.2, 0.25) is 0 Å². The second-order valence-electron chi connectivity index (χ2n) is 7.51. The van der Waals surface area contributed by atoms with Crippen molar-refractivity contribution >= 4 is 5.65 Å². The van der Waals surface area contributed by atoms with E-state index in [1.54, 1.807) is 28.6 Å². The average molecular weight is 390 g/mol. The number of fused-ring (bicyclic) bond motifs is 1. The van der Waals surface area contributed by atoms with E-state index in [-0.39, 0.29) is 5.56 Å². The molecule has 5 heterocycles. The van der Waals surface area contributed by atoms with Gasteiger partial charge in [-0.05, 0) is 49.7 Å². The lowest BCUT2D eigenvalue weighted by molar-refractivity contribution is 0.200. The molecule has 9 heteroatoms. The van der Waals surface area contributed by atoms with Crippen LogP contribution in [0, 0.1) is 0 Å². The first-order valence-corrected chi connectivity index (χ1v) is 9.78. The second-order valence-corrected chi connectivity index (χ2v) is 7.51. The molecule has 4 aromatic heterocycles. The lowest BCUT2D eigenvalue weighted by atomic mass is 9.96. The van der Waals surface area contributed by atoms with Crippen molar-refractivity contribution in [2.75, 3.05) is 13.1 Å². The first-order chi connectivity index (χ1) is 14.2. The van der Waals surface area contributed by atoms with Gasteiger partial charge in [0.05, 0.1) is 0 Å². The maximum Gasteiger partial charge on any atom is 0.250 e. The van der Waals surface area contributed by atoms with Crippen LogP contribution in [0.15, 0.2) is 53.7 Å². The van der Waals surface area contributed by atoms with Crippen molar-refractivity contribution in [3.05, 3.63) is 70.7 Å². The fourth-order valence-electron chi connectivity index (χ4n) is 3.93. The van der Waals surface area contributed by atoms with Crippen LogP contribution in [0.5, 0.6) is 0 Å². The van der Waals surface area contributed by atoms with E-state index >= 15 is 0 Å². The van der Waals surface area contributed by atoms with Gasteiger partial charge in [-0.1, -0.05) is 6.07 Å². The van der Waals surface area contributed by atoms with Gasteiger partial charge in [-0.3, -0.25) is 9.69 Å². The Morgan fingerprint density at radius 3 is 2.72 bits per heavy atom. The number of hydrogen-bond acceptors (Lipinski definition) is 6. The molecule has 4 aromatic rings. The Kier molecular flexibility index (Phi) is 4.44. The van der Waals surface area contributed by atoms with Gasteiger partial charge in [-0.25, -0.2) is 4.68 Å². The van der Waals surface area contributed by atoms with E-state index in [0.29, 0.717) is 5.92 Å². The Bertz CT molecular complexity index is 1180. The van der Waals surface area contributed by atoms with Crippen LogP contribution >= 0.6 is 0 Å². The van der Waals surface area contributed by atoms with Gasteiger partial charge in [0.1, 0.15) is 0 Å². The number of likely N-dealkylation sites (tertiary alicyclic amines) is 1. The largest absolute Gasteiger partial charge is 0.318 e. The summed E-state index contributed by atoms with van der Waals surface area (Å²) in [5, 5.41) is 17.7. The zero-order valence-corrected chi connectivity index (χ0v) is 16.2. The molecule has 0 unspecified atom stereocenters. The van der Waals surface area contributed by atoms with Crippen molar-refractivity contribution in [3.8, 4) is 5.82 Å². The predicted molar refractivity (Wildman–Crippen MR) is 107 cm³/mol. The molecule has 1 aliphatic rings. The number of piperidine rings is 1. The minimum atomic E-state index is 0.0214. The van der Waals surface area contributed by atoms with E-state index in [1.165, 1.54) is 0 Å². The predicted octanol–water partition coefficient (Wildman–Crippen LogP) is 1.39. The molecule has 5 rings (SSSR count). The smallest absolute Gasteiger partial charge is 0.250 e. The quantitative estimate of drug-likeness (QED) is 0.523. The van der Waals surface area contributed by atoms with Crippen LogP contribution in [0.25, 0.3) is 11.5 Å². The molecule has 0 bridgehead atoms. The molecule has 0 aliphatic carbocycles. The van der Waals surface area contributed by atoms with Crippen molar-refractivity contribution in [3.63, 3.8) is 0 Å². The highest BCUT2D eigenvalue weighted by atomic mass is 16.1. The van der Waals surface area contributed by atoms with Gasteiger partial charge in [0.2, 0.25) is 5.56 Å². The summed E-state index contributed by atoms with van der Waals surface area (Å²) in [7, 11) is 1.79. The highest BCUT2D eigenvalue weighted by Crippen LogP contribution is 2.27. The number of rotatable bonds is 4. The zero-order chi connectivity index (χ0) is 19.8. The third-order valence-corrected chi connectivity index (χ3v) is 5.52. The Morgan fingerprint density at radius 1 is 1.10 bits per heavy atom. The molecule has 1 saturated heterocycles. The molecule has 1 fully saturated rings. The summed E-state index contributed by atoms with van der Waals surface area (Å²) in [6, 6.07) is 9.25. The molecule has 0 aromatic carbocycles. The molecule has 0 N–H and O–H groups in total. The first-order valence-electron chi connectivity index (χ1n) is 9.78. The van der Waals surface area contributed by atoms with E-state index in [9.17, 15) is 4.79 Å². The Balaban J connectivity index is 1.31. The Morgan fingerprint density at radius 2 is 1.97 bits per heavy atom. The van der Waals surface area contributed by atoms with Crippen LogP contribution < -0.4 is 5.56 Å². The van der Waals surface area contributed by atoms with Crippen molar-refractivity contribution in [2.24, 2.45) is 7.05 Å². The number of nitrogens with zero attached hydrogens (tertiary/aromatic N) is 8. The van der Waals surface area contributed by atoms with Crippen LogP contribution in [-0.4, -0.2) is 52.1 Å². The van der Waals surface area contributed by atoms with Gasteiger partial charge < -0.3 is 4.57 Å². The Hall–Kier alpha value is -3.33. The lowest BCUT2D eigenvalue weighted by Crippen LogP contribution is -2.33. The monoisotopic (exact) mass is 390 g/mol. The molecule has 29 heavy (non-hydrogen) atoms. The summed E-state index contributed by atoms with van der Waals surface area (Å²) >= 11 is 0. The van der Waals surface area contributed by atoms with Crippen molar-refractivity contribution < 1.29 is 0 Å². The van der Waals surface area contributed by atoms with Crippen LogP contribution in [0.1, 0.15) is 30.1 Å². The van der Waals surface area contributed by atoms with E-state index in [4.69, 9.17) is 5.10 Å². The molecule has 0 atom stereocenters. The summed E-state index contributed by atoms with van der Waals surface area (Å²) in [5.41, 5.74) is 1.93. The zero-order valence-electron chi connectivity index (χ0n) is 16.2. The van der Waals surface area contributed by atoms with Gasteiger partial charge in [0.15, 0.2) is 17.3 Å². The van der Waals surface area contributed by atoms with Crippen LogP contribution in [0.3, 0.4) is 0 Å². The molecule has 148 valence electrons. The maximum absolute atomic E-state index is 11.6. The summed E-state index contributed by atoms with van der Waals surface area (Å²) in [6.07, 6.45) is 7.52. The van der Waals surface area contributed by atoms with Crippen molar-refractivity contribution in [1.82, 2.24) is 39.1 Å². The molecule has 9 nitrogen and oxygen atoms in total. The van der Waals surface area contributed by atoms with Gasteiger partial charge in [-0.15, -0.1) is 15.3 Å². The molecule has 1 aliphatic heterocycles. The molecule has 0 radical (unpaired) electrons. The minimum absolute atomic E-state index is 0.0214. The van der Waals surface area contributed by atoms with Crippen LogP contribution in [-0.2, 0) is 13.6 Å². The van der Waals surface area contributed by atoms with E-state index < -0.39 is 0 Å². The van der Waals surface area contributed by atoms with E-state index in [0.717, 1.165) is 55.3 Å². The van der Waals surface area contributed by atoms with E-state index in [2.05, 4.69) is 20.2 Å².